The third-order valence-electron chi connectivity index (χ3n) is 4.51. The third kappa shape index (κ3) is 4.15. The molecule has 0 N–H and O–H groups in total. The lowest BCUT2D eigenvalue weighted by atomic mass is 10.2. The van der Waals surface area contributed by atoms with Crippen LogP contribution in [0.15, 0.2) is 46.7 Å². The van der Waals surface area contributed by atoms with E-state index in [1.165, 1.54) is 9.28 Å². The minimum atomic E-state index is -0.110. The van der Waals surface area contributed by atoms with Crippen LogP contribution >= 0.6 is 22.9 Å². The summed E-state index contributed by atoms with van der Waals surface area (Å²) in [5.74, 6) is 0. The van der Waals surface area contributed by atoms with Gasteiger partial charge in [0.1, 0.15) is 5.65 Å². The summed E-state index contributed by atoms with van der Waals surface area (Å²) < 4.78 is 7.29. The first-order chi connectivity index (χ1) is 12.7. The van der Waals surface area contributed by atoms with Crippen LogP contribution in [0.25, 0.3) is 5.65 Å². The van der Waals surface area contributed by atoms with Crippen molar-refractivity contribution in [2.24, 2.45) is 0 Å². The van der Waals surface area contributed by atoms with E-state index in [0.717, 1.165) is 38.2 Å². The van der Waals surface area contributed by atoms with Gasteiger partial charge in [0.05, 0.1) is 16.8 Å². The van der Waals surface area contributed by atoms with E-state index in [2.05, 4.69) is 27.4 Å². The highest BCUT2D eigenvalue weighted by Gasteiger charge is 2.20. The minimum absolute atomic E-state index is 0.110. The zero-order chi connectivity index (χ0) is 17.9. The summed E-state index contributed by atoms with van der Waals surface area (Å²) in [4.78, 5) is 20.7. The Kier molecular flexibility index (Phi) is 5.36. The van der Waals surface area contributed by atoms with E-state index < -0.39 is 0 Å². The van der Waals surface area contributed by atoms with Crippen molar-refractivity contribution in [3.63, 3.8) is 0 Å². The molecular formula is C19H20ClN3O2S. The summed E-state index contributed by atoms with van der Waals surface area (Å²) >= 11 is 7.72. The lowest BCUT2D eigenvalue weighted by Gasteiger charge is -2.24. The molecule has 136 valence electrons. The van der Waals surface area contributed by atoms with Gasteiger partial charge in [0.15, 0.2) is 0 Å². The molecule has 0 unspecified atom stereocenters. The van der Waals surface area contributed by atoms with E-state index in [0.29, 0.717) is 17.2 Å². The van der Waals surface area contributed by atoms with E-state index in [1.807, 2.05) is 0 Å². The highest BCUT2D eigenvalue weighted by Crippen LogP contribution is 2.19. The quantitative estimate of drug-likeness (QED) is 0.646. The predicted octanol–water partition coefficient (Wildman–Crippen LogP) is 3.59. The van der Waals surface area contributed by atoms with Gasteiger partial charge in [-0.1, -0.05) is 17.7 Å². The first-order valence-electron chi connectivity index (χ1n) is 8.71. The molecule has 1 saturated heterocycles. The second-order valence-corrected chi connectivity index (χ2v) is 8.01. The van der Waals surface area contributed by atoms with Crippen LogP contribution in [0.5, 0.6) is 0 Å². The summed E-state index contributed by atoms with van der Waals surface area (Å²) in [6, 6.07) is 9.33. The molecule has 4 heterocycles. The second-order valence-electron chi connectivity index (χ2n) is 6.55. The minimum Gasteiger partial charge on any atom is -0.377 e. The molecule has 5 nitrogen and oxygen atoms in total. The summed E-state index contributed by atoms with van der Waals surface area (Å²) in [5.41, 5.74) is 1.28. The SMILES string of the molecule is O=c1cc(CN(Cc2cccs2)C[C@H]2CCCO2)nc2ccc(Cl)cn12. The number of hydrogen-bond acceptors (Lipinski definition) is 5. The lowest BCUT2D eigenvalue weighted by molar-refractivity contribution is 0.0678. The summed E-state index contributed by atoms with van der Waals surface area (Å²) in [5, 5.41) is 2.61. The van der Waals surface area contributed by atoms with Crippen molar-refractivity contribution in [3.8, 4) is 0 Å². The van der Waals surface area contributed by atoms with Crippen molar-refractivity contribution in [3.05, 3.63) is 67.9 Å². The molecule has 1 aliphatic heterocycles. The first kappa shape index (κ1) is 17.7. The molecule has 1 fully saturated rings. The van der Waals surface area contributed by atoms with Crippen molar-refractivity contribution >= 4 is 28.6 Å². The molecule has 1 atom stereocenters. The van der Waals surface area contributed by atoms with Gasteiger partial charge in [0.2, 0.25) is 0 Å². The molecule has 3 aromatic heterocycles. The highest BCUT2D eigenvalue weighted by molar-refractivity contribution is 7.09. The fourth-order valence-corrected chi connectivity index (χ4v) is 4.23. The Hall–Kier alpha value is -1.73. The first-order valence-corrected chi connectivity index (χ1v) is 9.97. The molecule has 0 spiro atoms. The zero-order valence-corrected chi connectivity index (χ0v) is 15.9. The molecule has 7 heteroatoms. The van der Waals surface area contributed by atoms with E-state index in [4.69, 9.17) is 16.3 Å². The molecule has 4 rings (SSSR count). The van der Waals surface area contributed by atoms with Crippen molar-refractivity contribution < 1.29 is 4.74 Å². The van der Waals surface area contributed by atoms with Gasteiger partial charge in [-0.2, -0.15) is 0 Å². The molecular weight excluding hydrogens is 370 g/mol. The van der Waals surface area contributed by atoms with Crippen molar-refractivity contribution in [1.82, 2.24) is 14.3 Å². The van der Waals surface area contributed by atoms with Crippen LogP contribution in [0.2, 0.25) is 5.02 Å². The van der Waals surface area contributed by atoms with Crippen LogP contribution in [0.3, 0.4) is 0 Å². The van der Waals surface area contributed by atoms with E-state index in [1.54, 1.807) is 35.7 Å². The number of fused-ring (bicyclic) bond motifs is 1. The molecule has 0 aliphatic carbocycles. The molecule has 0 radical (unpaired) electrons. The van der Waals surface area contributed by atoms with Crippen LogP contribution in [0.1, 0.15) is 23.4 Å². The maximum Gasteiger partial charge on any atom is 0.258 e. The number of aromatic nitrogens is 2. The summed E-state index contributed by atoms with van der Waals surface area (Å²) in [7, 11) is 0. The van der Waals surface area contributed by atoms with Gasteiger partial charge in [0.25, 0.3) is 5.56 Å². The maximum atomic E-state index is 12.4. The number of halogens is 1. The monoisotopic (exact) mass is 389 g/mol. The molecule has 3 aromatic rings. The van der Waals surface area contributed by atoms with E-state index in [-0.39, 0.29) is 11.7 Å². The van der Waals surface area contributed by atoms with Crippen molar-refractivity contribution in [1.29, 1.82) is 0 Å². The molecule has 0 saturated carbocycles. The van der Waals surface area contributed by atoms with Crippen LogP contribution < -0.4 is 5.56 Å². The third-order valence-corrected chi connectivity index (χ3v) is 5.59. The normalized spacial score (nSPS) is 17.4. The Bertz CT molecular complexity index is 936. The Morgan fingerprint density at radius 2 is 2.27 bits per heavy atom. The van der Waals surface area contributed by atoms with Crippen LogP contribution in [0.4, 0.5) is 0 Å². The Labute approximate surface area is 160 Å². The molecule has 0 amide bonds. The molecule has 26 heavy (non-hydrogen) atoms. The van der Waals surface area contributed by atoms with Gasteiger partial charge >= 0.3 is 0 Å². The lowest BCUT2D eigenvalue weighted by Crippen LogP contribution is -2.32. The molecule has 1 aliphatic rings. The van der Waals surface area contributed by atoms with Crippen LogP contribution in [-0.2, 0) is 17.8 Å². The largest absolute Gasteiger partial charge is 0.377 e. The smallest absolute Gasteiger partial charge is 0.258 e. The second kappa shape index (κ2) is 7.88. The molecule has 0 bridgehead atoms. The molecule has 0 aromatic carbocycles. The van der Waals surface area contributed by atoms with Gasteiger partial charge in [-0.25, -0.2) is 4.98 Å². The average Bonchev–Trinajstić information content (AvgIpc) is 3.30. The summed E-state index contributed by atoms with van der Waals surface area (Å²) in [6.07, 6.45) is 4.07. The van der Waals surface area contributed by atoms with Crippen LogP contribution in [-0.4, -0.2) is 33.5 Å². The Morgan fingerprint density at radius 1 is 1.35 bits per heavy atom. The van der Waals surface area contributed by atoms with Gasteiger partial charge < -0.3 is 4.74 Å². The topological polar surface area (TPSA) is 46.8 Å². The maximum absolute atomic E-state index is 12.4. The van der Waals surface area contributed by atoms with Gasteiger partial charge in [-0.05, 0) is 36.4 Å². The number of nitrogens with zero attached hydrogens (tertiary/aromatic N) is 3. The van der Waals surface area contributed by atoms with Gasteiger partial charge in [-0.15, -0.1) is 11.3 Å². The highest BCUT2D eigenvalue weighted by atomic mass is 35.5. The van der Waals surface area contributed by atoms with Crippen molar-refractivity contribution in [2.75, 3.05) is 13.2 Å². The number of pyridine rings is 1. The van der Waals surface area contributed by atoms with E-state index in [9.17, 15) is 4.79 Å². The standard InChI is InChI=1S/C19H20ClN3O2S/c20-14-5-6-18-21-15(9-19(24)23(18)10-14)11-22(12-16-3-1-7-25-16)13-17-4-2-8-26-17/h2,4-6,8-10,16H,1,3,7,11-13H2/t16-/m1/s1. The Balaban J connectivity index is 1.58. The van der Waals surface area contributed by atoms with Crippen LogP contribution in [0, 0.1) is 0 Å². The zero-order valence-electron chi connectivity index (χ0n) is 14.3. The summed E-state index contributed by atoms with van der Waals surface area (Å²) in [6.45, 7) is 3.14. The van der Waals surface area contributed by atoms with E-state index >= 15 is 0 Å². The van der Waals surface area contributed by atoms with Crippen molar-refractivity contribution in [2.45, 2.75) is 32.0 Å². The Morgan fingerprint density at radius 3 is 3.04 bits per heavy atom. The fourth-order valence-electron chi connectivity index (χ4n) is 3.32. The number of rotatable bonds is 6. The fraction of sp³-hybridized carbons (Fsp3) is 0.368. The number of hydrogen-bond donors (Lipinski definition) is 0. The number of ether oxygens (including phenoxy) is 1. The predicted molar refractivity (Wildman–Crippen MR) is 104 cm³/mol. The van der Waals surface area contributed by atoms with Gasteiger partial charge in [-0.3, -0.25) is 14.1 Å². The number of thiophene rings is 1. The average molecular weight is 390 g/mol. The van der Waals surface area contributed by atoms with Gasteiger partial charge in [0, 0.05) is 43.4 Å².